The number of non-ortho nitro benzene ring substituents is 1. The first-order valence-electron chi connectivity index (χ1n) is 6.16. The van der Waals surface area contributed by atoms with Gasteiger partial charge in [0.1, 0.15) is 6.10 Å². The number of hydrogen-bond acceptors (Lipinski definition) is 5. The maximum absolute atomic E-state index is 10.8. The van der Waals surface area contributed by atoms with Crippen LogP contribution < -0.4 is 9.47 Å². The quantitative estimate of drug-likeness (QED) is 0.603. The molecule has 1 saturated carbocycles. The highest BCUT2D eigenvalue weighted by Gasteiger charge is 2.33. The predicted octanol–water partition coefficient (Wildman–Crippen LogP) is 2.07. The van der Waals surface area contributed by atoms with Crippen LogP contribution in [0.5, 0.6) is 11.5 Å². The van der Waals surface area contributed by atoms with Crippen molar-refractivity contribution in [2.24, 2.45) is 0 Å². The van der Waals surface area contributed by atoms with Crippen molar-refractivity contribution in [1.29, 1.82) is 0 Å². The molecule has 6 nitrogen and oxygen atoms in total. The Labute approximate surface area is 112 Å². The number of ether oxygens (including phenoxy) is 2. The Kier molecular flexibility index (Phi) is 3.90. The van der Waals surface area contributed by atoms with E-state index in [-0.39, 0.29) is 11.8 Å². The van der Waals surface area contributed by atoms with Crippen LogP contribution in [0.4, 0.5) is 5.69 Å². The summed E-state index contributed by atoms with van der Waals surface area (Å²) in [6.07, 6.45) is 1.96. The summed E-state index contributed by atoms with van der Waals surface area (Å²) in [6, 6.07) is 4.92. The third-order valence-electron chi connectivity index (χ3n) is 3.45. The molecule has 0 N–H and O–H groups in total. The molecular formula is C13H18N2O4. The number of hydrogen-bond donors (Lipinski definition) is 0. The summed E-state index contributed by atoms with van der Waals surface area (Å²) in [4.78, 5) is 12.5. The zero-order valence-electron chi connectivity index (χ0n) is 11.3. The van der Waals surface area contributed by atoms with E-state index >= 15 is 0 Å². The number of rotatable bonds is 5. The Morgan fingerprint density at radius 3 is 2.53 bits per heavy atom. The summed E-state index contributed by atoms with van der Waals surface area (Å²) < 4.78 is 11.0. The van der Waals surface area contributed by atoms with Gasteiger partial charge in [0.25, 0.3) is 5.69 Å². The van der Waals surface area contributed by atoms with Crippen LogP contribution in [0, 0.1) is 10.1 Å². The average molecular weight is 266 g/mol. The Morgan fingerprint density at radius 2 is 2.00 bits per heavy atom. The fourth-order valence-electron chi connectivity index (χ4n) is 2.11. The molecule has 6 heteroatoms. The minimum Gasteiger partial charge on any atom is -0.493 e. The van der Waals surface area contributed by atoms with Crippen molar-refractivity contribution in [3.8, 4) is 11.5 Å². The van der Waals surface area contributed by atoms with E-state index in [1.807, 2.05) is 14.1 Å². The molecule has 19 heavy (non-hydrogen) atoms. The second kappa shape index (κ2) is 5.44. The lowest BCUT2D eigenvalue weighted by Gasteiger charge is -2.39. The molecule has 1 aliphatic rings. The smallest absolute Gasteiger partial charge is 0.273 e. The van der Waals surface area contributed by atoms with Crippen molar-refractivity contribution in [3.05, 3.63) is 28.3 Å². The highest BCUT2D eigenvalue weighted by atomic mass is 16.6. The minimum absolute atomic E-state index is 0.0132. The molecular weight excluding hydrogens is 248 g/mol. The molecule has 0 amide bonds. The van der Waals surface area contributed by atoms with Gasteiger partial charge in [-0.25, -0.2) is 0 Å². The molecule has 1 fully saturated rings. The van der Waals surface area contributed by atoms with Gasteiger partial charge in [0, 0.05) is 12.1 Å². The van der Waals surface area contributed by atoms with Crippen molar-refractivity contribution in [2.45, 2.75) is 25.0 Å². The van der Waals surface area contributed by atoms with Crippen LogP contribution in [-0.4, -0.2) is 43.2 Å². The summed E-state index contributed by atoms with van der Waals surface area (Å²) in [7, 11) is 5.60. The first-order chi connectivity index (χ1) is 9.01. The highest BCUT2D eigenvalue weighted by Crippen LogP contribution is 2.35. The lowest BCUT2D eigenvalue weighted by atomic mass is 9.88. The third kappa shape index (κ3) is 2.96. The number of nitro groups is 1. The van der Waals surface area contributed by atoms with Crippen molar-refractivity contribution >= 4 is 5.69 Å². The molecule has 1 aliphatic carbocycles. The molecule has 0 aromatic heterocycles. The van der Waals surface area contributed by atoms with Crippen LogP contribution in [-0.2, 0) is 0 Å². The maximum atomic E-state index is 10.8. The van der Waals surface area contributed by atoms with Crippen molar-refractivity contribution in [3.63, 3.8) is 0 Å². The third-order valence-corrected chi connectivity index (χ3v) is 3.45. The highest BCUT2D eigenvalue weighted by molar-refractivity contribution is 5.48. The van der Waals surface area contributed by atoms with E-state index in [0.29, 0.717) is 17.5 Å². The fraction of sp³-hybridized carbons (Fsp3) is 0.538. The molecule has 2 rings (SSSR count). The summed E-state index contributed by atoms with van der Waals surface area (Å²) in [5, 5.41) is 10.8. The van der Waals surface area contributed by atoms with Gasteiger partial charge in [-0.05, 0) is 33.0 Å². The normalized spacial score (nSPS) is 21.9. The van der Waals surface area contributed by atoms with Gasteiger partial charge in [-0.2, -0.15) is 0 Å². The Hall–Kier alpha value is -1.82. The summed E-state index contributed by atoms with van der Waals surface area (Å²) >= 11 is 0. The monoisotopic (exact) mass is 266 g/mol. The Balaban J connectivity index is 2.07. The van der Waals surface area contributed by atoms with Crippen molar-refractivity contribution in [1.82, 2.24) is 4.90 Å². The average Bonchev–Trinajstić information content (AvgIpc) is 2.32. The summed E-state index contributed by atoms with van der Waals surface area (Å²) in [6.45, 7) is 0. The molecule has 1 aromatic rings. The summed E-state index contributed by atoms with van der Waals surface area (Å²) in [5.41, 5.74) is 0.0132. The second-order valence-electron chi connectivity index (χ2n) is 4.92. The van der Waals surface area contributed by atoms with Crippen molar-refractivity contribution in [2.75, 3.05) is 21.2 Å². The molecule has 0 aliphatic heterocycles. The molecule has 0 heterocycles. The molecule has 104 valence electrons. The fourth-order valence-corrected chi connectivity index (χ4v) is 2.11. The van der Waals surface area contributed by atoms with Gasteiger partial charge in [0.2, 0.25) is 0 Å². The first-order valence-corrected chi connectivity index (χ1v) is 6.16. The van der Waals surface area contributed by atoms with Gasteiger partial charge < -0.3 is 14.4 Å². The van der Waals surface area contributed by atoms with Crippen LogP contribution in [0.25, 0.3) is 0 Å². The topological polar surface area (TPSA) is 64.8 Å². The van der Waals surface area contributed by atoms with E-state index in [0.717, 1.165) is 12.8 Å². The summed E-state index contributed by atoms with van der Waals surface area (Å²) in [5.74, 6) is 0.970. The molecule has 0 bridgehead atoms. The van der Waals surface area contributed by atoms with Gasteiger partial charge in [-0.1, -0.05) is 0 Å². The second-order valence-corrected chi connectivity index (χ2v) is 4.92. The number of methoxy groups -OCH3 is 1. The van der Waals surface area contributed by atoms with Gasteiger partial charge in [-0.15, -0.1) is 0 Å². The molecule has 0 radical (unpaired) electrons. The Bertz CT molecular complexity index is 470. The van der Waals surface area contributed by atoms with Gasteiger partial charge in [0.15, 0.2) is 11.5 Å². The number of nitro benzene ring substituents is 1. The van der Waals surface area contributed by atoms with E-state index in [1.165, 1.54) is 19.2 Å². The number of benzene rings is 1. The van der Waals surface area contributed by atoms with E-state index < -0.39 is 4.92 Å². The predicted molar refractivity (Wildman–Crippen MR) is 70.8 cm³/mol. The van der Waals surface area contributed by atoms with Gasteiger partial charge >= 0.3 is 0 Å². The zero-order chi connectivity index (χ0) is 14.0. The van der Waals surface area contributed by atoms with Crippen LogP contribution in [0.15, 0.2) is 18.2 Å². The maximum Gasteiger partial charge on any atom is 0.273 e. The van der Waals surface area contributed by atoms with E-state index in [4.69, 9.17) is 9.47 Å². The van der Waals surface area contributed by atoms with E-state index in [2.05, 4.69) is 4.90 Å². The molecule has 0 spiro atoms. The lowest BCUT2D eigenvalue weighted by molar-refractivity contribution is -0.385. The zero-order valence-corrected chi connectivity index (χ0v) is 11.3. The standard InChI is InChI=1S/C13H18N2O4/c1-14(2)10-6-11(7-10)19-13-8-9(15(16)17)4-5-12(13)18-3/h4-5,8,10-11H,6-7H2,1-3H3. The number of nitrogens with zero attached hydrogens (tertiary/aromatic N) is 2. The molecule has 0 unspecified atom stereocenters. The molecule has 1 aromatic carbocycles. The van der Waals surface area contributed by atoms with Crippen molar-refractivity contribution < 1.29 is 14.4 Å². The largest absolute Gasteiger partial charge is 0.493 e. The van der Waals surface area contributed by atoms with Crippen LogP contribution in [0.3, 0.4) is 0 Å². The van der Waals surface area contributed by atoms with E-state index in [1.54, 1.807) is 6.07 Å². The van der Waals surface area contributed by atoms with E-state index in [9.17, 15) is 10.1 Å². The van der Waals surface area contributed by atoms with Gasteiger partial charge in [0.05, 0.1) is 18.1 Å². The molecule has 0 atom stereocenters. The van der Waals surface area contributed by atoms with Crippen LogP contribution in [0.2, 0.25) is 0 Å². The molecule has 0 saturated heterocycles. The minimum atomic E-state index is -0.435. The SMILES string of the molecule is COc1ccc([N+](=O)[O-])cc1OC1CC(N(C)C)C1. The Morgan fingerprint density at radius 1 is 1.32 bits per heavy atom. The lowest BCUT2D eigenvalue weighted by Crippen LogP contribution is -2.46. The van der Waals surface area contributed by atoms with Crippen LogP contribution in [0.1, 0.15) is 12.8 Å². The first kappa shape index (κ1) is 13.6. The van der Waals surface area contributed by atoms with Gasteiger partial charge in [-0.3, -0.25) is 10.1 Å². The van der Waals surface area contributed by atoms with Crippen LogP contribution >= 0.6 is 0 Å².